The molecule has 24 heavy (non-hydrogen) atoms. The van der Waals surface area contributed by atoms with Crippen molar-refractivity contribution in [2.75, 3.05) is 6.61 Å². The molecule has 3 aromatic rings. The zero-order valence-corrected chi connectivity index (χ0v) is 14.6. The van der Waals surface area contributed by atoms with Gasteiger partial charge in [-0.2, -0.15) is 0 Å². The average molecular weight is 383 g/mol. The Balaban J connectivity index is 1.73. The van der Waals surface area contributed by atoms with Crippen molar-refractivity contribution in [1.82, 2.24) is 0 Å². The minimum atomic E-state index is -1.01. The molecule has 2 aromatic carbocycles. The van der Waals surface area contributed by atoms with Crippen LogP contribution in [0.15, 0.2) is 41.8 Å². The van der Waals surface area contributed by atoms with Crippen molar-refractivity contribution in [2.24, 2.45) is 0 Å². The Kier molecular flexibility index (Phi) is 5.14. The summed E-state index contributed by atoms with van der Waals surface area (Å²) in [5.74, 6) is 0.249. The van der Waals surface area contributed by atoms with Crippen LogP contribution in [0, 0.1) is 0 Å². The lowest BCUT2D eigenvalue weighted by molar-refractivity contribution is -0.139. The van der Waals surface area contributed by atoms with Crippen LogP contribution in [0.2, 0.25) is 10.0 Å². The number of hydrogen-bond acceptors (Lipinski definition) is 4. The van der Waals surface area contributed by atoms with Gasteiger partial charge in [0.05, 0.1) is 0 Å². The first-order valence-corrected chi connectivity index (χ1v) is 8.59. The van der Waals surface area contributed by atoms with E-state index in [0.717, 1.165) is 15.6 Å². The Hall–Kier alpha value is -1.95. The number of benzene rings is 2. The Bertz CT molecular complexity index is 891. The molecule has 1 heterocycles. The van der Waals surface area contributed by atoms with Gasteiger partial charge >= 0.3 is 5.97 Å². The fraction of sp³-hybridized carbons (Fsp3) is 0.118. The summed E-state index contributed by atoms with van der Waals surface area (Å²) in [4.78, 5) is 10.6. The number of halogens is 2. The van der Waals surface area contributed by atoms with E-state index >= 15 is 0 Å². The van der Waals surface area contributed by atoms with Crippen LogP contribution in [0.3, 0.4) is 0 Å². The van der Waals surface area contributed by atoms with Gasteiger partial charge in [0.25, 0.3) is 0 Å². The second kappa shape index (κ2) is 7.30. The van der Waals surface area contributed by atoms with Gasteiger partial charge in [-0.3, -0.25) is 0 Å². The van der Waals surface area contributed by atoms with Gasteiger partial charge in [-0.05, 0) is 30.3 Å². The number of carboxylic acids is 1. The van der Waals surface area contributed by atoms with Crippen LogP contribution < -0.4 is 9.47 Å². The summed E-state index contributed by atoms with van der Waals surface area (Å²) in [5.41, 5.74) is 0.845. The number of thiophene rings is 1. The number of rotatable bonds is 6. The first-order chi connectivity index (χ1) is 11.5. The molecule has 0 saturated heterocycles. The van der Waals surface area contributed by atoms with Crippen LogP contribution in [0.4, 0.5) is 0 Å². The second-order valence-electron chi connectivity index (χ2n) is 4.96. The summed E-state index contributed by atoms with van der Waals surface area (Å²) in [6, 6.07) is 10.8. The van der Waals surface area contributed by atoms with Gasteiger partial charge in [-0.1, -0.05) is 29.3 Å². The zero-order chi connectivity index (χ0) is 17.1. The predicted octanol–water partition coefficient (Wildman–Crippen LogP) is 5.25. The summed E-state index contributed by atoms with van der Waals surface area (Å²) in [7, 11) is 0. The summed E-state index contributed by atoms with van der Waals surface area (Å²) >= 11 is 13.5. The predicted molar refractivity (Wildman–Crippen MR) is 95.7 cm³/mol. The first-order valence-electron chi connectivity index (χ1n) is 6.95. The lowest BCUT2D eigenvalue weighted by Gasteiger charge is -2.08. The molecule has 0 aliphatic rings. The lowest BCUT2D eigenvalue weighted by atomic mass is 10.2. The highest BCUT2D eigenvalue weighted by molar-refractivity contribution is 7.17. The van der Waals surface area contributed by atoms with E-state index in [0.29, 0.717) is 28.2 Å². The summed E-state index contributed by atoms with van der Waals surface area (Å²) in [6.45, 7) is -0.0333. The number of carbonyl (C=O) groups is 1. The second-order valence-corrected chi connectivity index (χ2v) is 6.72. The molecule has 0 amide bonds. The van der Waals surface area contributed by atoms with Crippen LogP contribution in [-0.4, -0.2) is 17.7 Å². The summed E-state index contributed by atoms with van der Waals surface area (Å²) in [5, 5.41) is 12.5. The third-order valence-electron chi connectivity index (χ3n) is 3.27. The molecule has 0 aliphatic heterocycles. The van der Waals surface area contributed by atoms with Gasteiger partial charge in [0.15, 0.2) is 6.61 Å². The highest BCUT2D eigenvalue weighted by Crippen LogP contribution is 2.35. The monoisotopic (exact) mass is 382 g/mol. The number of hydrogen-bond donors (Lipinski definition) is 1. The van der Waals surface area contributed by atoms with Crippen LogP contribution in [-0.2, 0) is 11.4 Å². The molecule has 7 heteroatoms. The molecule has 0 saturated carbocycles. The molecule has 1 N–H and O–H groups in total. The van der Waals surface area contributed by atoms with E-state index < -0.39 is 5.97 Å². The number of aliphatic carboxylic acids is 1. The van der Waals surface area contributed by atoms with Crippen molar-refractivity contribution >= 4 is 50.6 Å². The minimum Gasteiger partial charge on any atom is -0.489 e. The Morgan fingerprint density at radius 3 is 2.71 bits per heavy atom. The van der Waals surface area contributed by atoms with Gasteiger partial charge in [0.2, 0.25) is 0 Å². The quantitative estimate of drug-likeness (QED) is 0.632. The topological polar surface area (TPSA) is 55.8 Å². The third kappa shape index (κ3) is 3.93. The molecule has 3 rings (SSSR count). The smallest absolute Gasteiger partial charge is 0.341 e. The van der Waals surface area contributed by atoms with Gasteiger partial charge in [0, 0.05) is 31.1 Å². The third-order valence-corrected chi connectivity index (χ3v) is 4.78. The Morgan fingerprint density at radius 1 is 1.12 bits per heavy atom. The lowest BCUT2D eigenvalue weighted by Crippen LogP contribution is -2.08. The molecular formula is C17H12Cl2O4S. The van der Waals surface area contributed by atoms with E-state index in [-0.39, 0.29) is 6.61 Å². The number of ether oxygens (including phenoxy) is 2. The average Bonchev–Trinajstić information content (AvgIpc) is 2.94. The maximum atomic E-state index is 10.6. The van der Waals surface area contributed by atoms with E-state index in [2.05, 4.69) is 0 Å². The molecule has 0 spiro atoms. The van der Waals surface area contributed by atoms with Crippen molar-refractivity contribution in [3.8, 4) is 11.5 Å². The van der Waals surface area contributed by atoms with E-state index in [1.807, 2.05) is 24.3 Å². The highest BCUT2D eigenvalue weighted by atomic mass is 35.5. The molecule has 1 aromatic heterocycles. The van der Waals surface area contributed by atoms with Gasteiger partial charge < -0.3 is 14.6 Å². The SMILES string of the molecule is O=C(O)COc1csc2cc(OCc3ccc(Cl)cc3Cl)ccc12. The fourth-order valence-electron chi connectivity index (χ4n) is 2.13. The van der Waals surface area contributed by atoms with E-state index in [9.17, 15) is 4.79 Å². The summed E-state index contributed by atoms with van der Waals surface area (Å²) < 4.78 is 12.0. The first kappa shape index (κ1) is 16.9. The maximum Gasteiger partial charge on any atom is 0.341 e. The van der Waals surface area contributed by atoms with Crippen molar-refractivity contribution in [2.45, 2.75) is 6.61 Å². The van der Waals surface area contributed by atoms with Crippen molar-refractivity contribution in [3.63, 3.8) is 0 Å². The molecule has 124 valence electrons. The maximum absolute atomic E-state index is 10.6. The summed E-state index contributed by atoms with van der Waals surface area (Å²) in [6.07, 6.45) is 0. The zero-order valence-electron chi connectivity index (χ0n) is 12.3. The molecule has 0 unspecified atom stereocenters. The van der Waals surface area contributed by atoms with Gasteiger partial charge in [-0.15, -0.1) is 11.3 Å². The van der Waals surface area contributed by atoms with Gasteiger partial charge in [-0.25, -0.2) is 4.79 Å². The van der Waals surface area contributed by atoms with Crippen LogP contribution in [0.1, 0.15) is 5.56 Å². The van der Waals surface area contributed by atoms with E-state index in [1.165, 1.54) is 11.3 Å². The molecule has 0 aliphatic carbocycles. The molecule has 4 nitrogen and oxygen atoms in total. The van der Waals surface area contributed by atoms with Crippen LogP contribution in [0.5, 0.6) is 11.5 Å². The van der Waals surface area contributed by atoms with Crippen LogP contribution in [0.25, 0.3) is 10.1 Å². The normalized spacial score (nSPS) is 10.8. The fourth-order valence-corrected chi connectivity index (χ4v) is 3.50. The Morgan fingerprint density at radius 2 is 1.96 bits per heavy atom. The molecule has 0 fully saturated rings. The highest BCUT2D eigenvalue weighted by Gasteiger charge is 2.09. The number of fused-ring (bicyclic) bond motifs is 1. The van der Waals surface area contributed by atoms with Crippen molar-refractivity contribution in [1.29, 1.82) is 0 Å². The Labute approximate surface area is 152 Å². The largest absolute Gasteiger partial charge is 0.489 e. The van der Waals surface area contributed by atoms with Crippen LogP contribution >= 0.6 is 34.5 Å². The molecule has 0 atom stereocenters. The minimum absolute atomic E-state index is 0.329. The molecular weight excluding hydrogens is 371 g/mol. The van der Waals surface area contributed by atoms with Crippen molar-refractivity contribution in [3.05, 3.63) is 57.4 Å². The van der Waals surface area contributed by atoms with Crippen molar-refractivity contribution < 1.29 is 19.4 Å². The standard InChI is InChI=1S/C17H12Cl2O4S/c18-11-2-1-10(14(19)5-11)7-22-12-3-4-13-15(23-8-17(20)21)9-24-16(13)6-12/h1-6,9H,7-8H2,(H,20,21). The number of carboxylic acid groups (broad SMARTS) is 1. The van der Waals surface area contributed by atoms with E-state index in [4.69, 9.17) is 37.8 Å². The molecule has 0 bridgehead atoms. The van der Waals surface area contributed by atoms with Gasteiger partial charge in [0.1, 0.15) is 18.1 Å². The molecule has 0 radical (unpaired) electrons. The van der Waals surface area contributed by atoms with E-state index in [1.54, 1.807) is 17.5 Å².